The Balaban J connectivity index is 2.39. The van der Waals surface area contributed by atoms with Gasteiger partial charge in [-0.3, -0.25) is 4.79 Å². The molecule has 0 spiro atoms. The summed E-state index contributed by atoms with van der Waals surface area (Å²) in [5, 5.41) is 3.38. The van der Waals surface area contributed by atoms with Crippen molar-refractivity contribution in [3.63, 3.8) is 0 Å². The lowest BCUT2D eigenvalue weighted by Crippen LogP contribution is -2.24. The summed E-state index contributed by atoms with van der Waals surface area (Å²) >= 11 is 9.33. The summed E-state index contributed by atoms with van der Waals surface area (Å²) in [6, 6.07) is 5.28. The number of hydrogen-bond donors (Lipinski definition) is 1. The minimum atomic E-state index is -0.106. The van der Waals surface area contributed by atoms with Crippen molar-refractivity contribution in [3.8, 4) is 0 Å². The Kier molecular flexibility index (Phi) is 6.72. The molecule has 1 aromatic rings. The van der Waals surface area contributed by atoms with Crippen molar-refractivity contribution >= 4 is 33.4 Å². The maximum Gasteiger partial charge on any atom is 0.252 e. The van der Waals surface area contributed by atoms with E-state index in [-0.39, 0.29) is 5.91 Å². The SMILES string of the molecule is CC(C)CCCCNC(=O)c1cc(Br)ccc1Cl. The molecule has 100 valence electrons. The van der Waals surface area contributed by atoms with E-state index in [0.717, 1.165) is 23.2 Å². The summed E-state index contributed by atoms with van der Waals surface area (Å²) < 4.78 is 0.858. The quantitative estimate of drug-likeness (QED) is 0.754. The van der Waals surface area contributed by atoms with Gasteiger partial charge in [0.1, 0.15) is 0 Å². The average molecular weight is 333 g/mol. The zero-order chi connectivity index (χ0) is 13.5. The second kappa shape index (κ2) is 7.80. The fraction of sp³-hybridized carbons (Fsp3) is 0.500. The van der Waals surface area contributed by atoms with Crippen LogP contribution in [0.2, 0.25) is 5.02 Å². The number of carbonyl (C=O) groups is 1. The first-order valence-corrected chi connectivity index (χ1v) is 7.41. The van der Waals surface area contributed by atoms with Crippen LogP contribution in [0.5, 0.6) is 0 Å². The number of nitrogens with one attached hydrogen (secondary N) is 1. The maximum absolute atomic E-state index is 11.9. The fourth-order valence-electron chi connectivity index (χ4n) is 1.65. The predicted octanol–water partition coefficient (Wildman–Crippen LogP) is 4.66. The van der Waals surface area contributed by atoms with E-state index in [4.69, 9.17) is 11.6 Å². The number of unbranched alkanes of at least 4 members (excludes halogenated alkanes) is 1. The van der Waals surface area contributed by atoms with Crippen LogP contribution in [0.15, 0.2) is 22.7 Å². The Morgan fingerprint density at radius 1 is 1.39 bits per heavy atom. The summed E-state index contributed by atoms with van der Waals surface area (Å²) in [6.07, 6.45) is 3.35. The third-order valence-corrected chi connectivity index (χ3v) is 3.49. The van der Waals surface area contributed by atoms with Gasteiger partial charge in [-0.25, -0.2) is 0 Å². The predicted molar refractivity (Wildman–Crippen MR) is 80.2 cm³/mol. The molecule has 0 bridgehead atoms. The molecule has 0 aliphatic carbocycles. The Labute approximate surface area is 122 Å². The van der Waals surface area contributed by atoms with E-state index >= 15 is 0 Å². The molecule has 0 heterocycles. The maximum atomic E-state index is 11.9. The van der Waals surface area contributed by atoms with Crippen LogP contribution in [0.25, 0.3) is 0 Å². The zero-order valence-corrected chi connectivity index (χ0v) is 13.1. The van der Waals surface area contributed by atoms with Crippen molar-refractivity contribution in [2.75, 3.05) is 6.54 Å². The molecule has 1 N–H and O–H groups in total. The molecular formula is C14H19BrClNO. The Morgan fingerprint density at radius 3 is 2.78 bits per heavy atom. The van der Waals surface area contributed by atoms with E-state index in [1.165, 1.54) is 6.42 Å². The highest BCUT2D eigenvalue weighted by Gasteiger charge is 2.09. The van der Waals surface area contributed by atoms with Gasteiger partial charge < -0.3 is 5.32 Å². The van der Waals surface area contributed by atoms with Crippen molar-refractivity contribution < 1.29 is 4.79 Å². The number of benzene rings is 1. The average Bonchev–Trinajstić information content (AvgIpc) is 2.31. The van der Waals surface area contributed by atoms with Crippen molar-refractivity contribution in [1.82, 2.24) is 5.32 Å². The van der Waals surface area contributed by atoms with E-state index in [9.17, 15) is 4.79 Å². The number of amides is 1. The normalized spacial score (nSPS) is 10.7. The first kappa shape index (κ1) is 15.5. The highest BCUT2D eigenvalue weighted by atomic mass is 79.9. The van der Waals surface area contributed by atoms with Crippen LogP contribution >= 0.6 is 27.5 Å². The Morgan fingerprint density at radius 2 is 2.11 bits per heavy atom. The molecule has 0 fully saturated rings. The molecule has 0 saturated carbocycles. The van der Waals surface area contributed by atoms with Gasteiger partial charge in [0.2, 0.25) is 0 Å². The lowest BCUT2D eigenvalue weighted by atomic mass is 10.1. The first-order chi connectivity index (χ1) is 8.50. The number of hydrogen-bond acceptors (Lipinski definition) is 1. The topological polar surface area (TPSA) is 29.1 Å². The van der Waals surface area contributed by atoms with Crippen LogP contribution in [0, 0.1) is 5.92 Å². The van der Waals surface area contributed by atoms with Gasteiger partial charge in [0.15, 0.2) is 0 Å². The monoisotopic (exact) mass is 331 g/mol. The fourth-order valence-corrected chi connectivity index (χ4v) is 2.21. The lowest BCUT2D eigenvalue weighted by molar-refractivity contribution is 0.0953. The molecule has 0 aliphatic heterocycles. The van der Waals surface area contributed by atoms with Gasteiger partial charge in [-0.1, -0.05) is 54.2 Å². The number of carbonyl (C=O) groups excluding carboxylic acids is 1. The van der Waals surface area contributed by atoms with Crippen LogP contribution < -0.4 is 5.32 Å². The second-order valence-electron chi connectivity index (χ2n) is 4.77. The molecule has 2 nitrogen and oxygen atoms in total. The summed E-state index contributed by atoms with van der Waals surface area (Å²) in [5.74, 6) is 0.617. The van der Waals surface area contributed by atoms with E-state index in [1.54, 1.807) is 12.1 Å². The van der Waals surface area contributed by atoms with Crippen molar-refractivity contribution in [1.29, 1.82) is 0 Å². The molecule has 4 heteroatoms. The van der Waals surface area contributed by atoms with E-state index in [1.807, 2.05) is 6.07 Å². The van der Waals surface area contributed by atoms with Crippen molar-refractivity contribution in [2.24, 2.45) is 5.92 Å². The van der Waals surface area contributed by atoms with Crippen molar-refractivity contribution in [2.45, 2.75) is 33.1 Å². The molecular weight excluding hydrogens is 314 g/mol. The zero-order valence-electron chi connectivity index (χ0n) is 10.8. The Bertz CT molecular complexity index is 407. The molecule has 1 rings (SSSR count). The van der Waals surface area contributed by atoms with Gasteiger partial charge in [-0.2, -0.15) is 0 Å². The van der Waals surface area contributed by atoms with Gasteiger partial charge in [0.05, 0.1) is 10.6 Å². The van der Waals surface area contributed by atoms with Crippen LogP contribution in [-0.2, 0) is 0 Å². The standard InChI is InChI=1S/C14H19BrClNO/c1-10(2)5-3-4-8-17-14(18)12-9-11(15)6-7-13(12)16/h6-7,9-10H,3-5,8H2,1-2H3,(H,17,18). The smallest absolute Gasteiger partial charge is 0.252 e. The van der Waals surface area contributed by atoms with E-state index in [0.29, 0.717) is 17.1 Å². The molecule has 1 amide bonds. The lowest BCUT2D eigenvalue weighted by Gasteiger charge is -2.08. The minimum absolute atomic E-state index is 0.106. The minimum Gasteiger partial charge on any atom is -0.352 e. The van der Waals surface area contributed by atoms with Gasteiger partial charge >= 0.3 is 0 Å². The molecule has 0 atom stereocenters. The van der Waals surface area contributed by atoms with Gasteiger partial charge in [0, 0.05) is 11.0 Å². The molecule has 1 aromatic carbocycles. The number of rotatable bonds is 6. The van der Waals surface area contributed by atoms with Crippen molar-refractivity contribution in [3.05, 3.63) is 33.3 Å². The summed E-state index contributed by atoms with van der Waals surface area (Å²) in [4.78, 5) is 11.9. The van der Waals surface area contributed by atoms with Crippen LogP contribution in [-0.4, -0.2) is 12.5 Å². The summed E-state index contributed by atoms with van der Waals surface area (Å²) in [7, 11) is 0. The van der Waals surface area contributed by atoms with Gasteiger partial charge in [0.25, 0.3) is 5.91 Å². The Hall–Kier alpha value is -0.540. The molecule has 0 aliphatic rings. The van der Waals surface area contributed by atoms with Crippen LogP contribution in [0.1, 0.15) is 43.5 Å². The largest absolute Gasteiger partial charge is 0.352 e. The van der Waals surface area contributed by atoms with Crippen LogP contribution in [0.4, 0.5) is 0 Å². The molecule has 0 saturated heterocycles. The van der Waals surface area contributed by atoms with Crippen LogP contribution in [0.3, 0.4) is 0 Å². The highest BCUT2D eigenvalue weighted by molar-refractivity contribution is 9.10. The third kappa shape index (κ3) is 5.40. The number of halogens is 2. The molecule has 18 heavy (non-hydrogen) atoms. The first-order valence-electron chi connectivity index (χ1n) is 6.24. The van der Waals surface area contributed by atoms with Gasteiger partial charge in [-0.15, -0.1) is 0 Å². The third-order valence-electron chi connectivity index (χ3n) is 2.67. The summed E-state index contributed by atoms with van der Waals surface area (Å²) in [5.41, 5.74) is 0.523. The molecule has 0 radical (unpaired) electrons. The van der Waals surface area contributed by atoms with Gasteiger partial charge in [-0.05, 0) is 30.5 Å². The second-order valence-corrected chi connectivity index (χ2v) is 6.09. The molecule has 0 unspecified atom stereocenters. The summed E-state index contributed by atoms with van der Waals surface area (Å²) in [6.45, 7) is 5.12. The van der Waals surface area contributed by atoms with E-state index in [2.05, 4.69) is 35.1 Å². The molecule has 0 aromatic heterocycles. The highest BCUT2D eigenvalue weighted by Crippen LogP contribution is 2.20. The van der Waals surface area contributed by atoms with E-state index < -0.39 is 0 Å².